The Bertz CT molecular complexity index is 1550. The maximum Gasteiger partial charge on any atom is 0.309 e. The van der Waals surface area contributed by atoms with Gasteiger partial charge in [0, 0.05) is 10.0 Å². The van der Waals surface area contributed by atoms with Crippen molar-refractivity contribution < 1.29 is 32.2 Å². The first-order chi connectivity index (χ1) is 19.0. The molecule has 0 radical (unpaired) electrons. The summed E-state index contributed by atoms with van der Waals surface area (Å²) in [6.45, 7) is 1.13. The molecule has 210 valence electrons. The zero-order chi connectivity index (χ0) is 28.8. The Kier molecular flexibility index (Phi) is 7.80. The minimum absolute atomic E-state index is 0.129. The Labute approximate surface area is 240 Å². The van der Waals surface area contributed by atoms with Crippen molar-refractivity contribution >= 4 is 50.8 Å². The summed E-state index contributed by atoms with van der Waals surface area (Å²) in [6.07, 6.45) is -2.33. The second-order valence-electron chi connectivity index (χ2n) is 9.82. The number of sulfonamides is 1. The molecule has 3 aromatic rings. The van der Waals surface area contributed by atoms with Crippen molar-refractivity contribution in [1.29, 1.82) is 0 Å². The molecule has 0 spiro atoms. The van der Waals surface area contributed by atoms with Crippen molar-refractivity contribution in [2.24, 2.45) is 5.92 Å². The van der Waals surface area contributed by atoms with Crippen molar-refractivity contribution in [2.45, 2.75) is 31.2 Å². The minimum Gasteiger partial charge on any atom is -0.481 e. The van der Waals surface area contributed by atoms with E-state index in [0.29, 0.717) is 21.2 Å². The van der Waals surface area contributed by atoms with Crippen LogP contribution in [0.15, 0.2) is 72.8 Å². The molecule has 3 aromatic carbocycles. The Morgan fingerprint density at radius 1 is 1.02 bits per heavy atom. The van der Waals surface area contributed by atoms with E-state index in [1.807, 2.05) is 0 Å². The fourth-order valence-corrected chi connectivity index (χ4v) is 7.39. The summed E-state index contributed by atoms with van der Waals surface area (Å²) in [5.41, 5.74) is 1.03. The van der Waals surface area contributed by atoms with Crippen LogP contribution in [0, 0.1) is 11.7 Å². The van der Waals surface area contributed by atoms with Crippen LogP contribution in [-0.4, -0.2) is 54.7 Å². The highest BCUT2D eigenvalue weighted by atomic mass is 35.5. The van der Waals surface area contributed by atoms with Gasteiger partial charge in [0.15, 0.2) is 0 Å². The summed E-state index contributed by atoms with van der Waals surface area (Å²) in [5, 5.41) is 10.6. The van der Waals surface area contributed by atoms with E-state index < -0.39 is 63.7 Å². The SMILES string of the molecule is C[C@H](C(=O)O)[C@@H]1O[C@H](c2cccc(Cl)c2)[C@@H](c2ccc(Cl)cc2)N([C@@H]2CN(c3ccccc3F)S(=O)(=O)C2)C1=O. The van der Waals surface area contributed by atoms with E-state index in [1.165, 1.54) is 30.0 Å². The fraction of sp³-hybridized carbons (Fsp3) is 0.286. The van der Waals surface area contributed by atoms with Crippen molar-refractivity contribution in [3.05, 3.63) is 99.8 Å². The number of aliphatic carboxylic acids is 1. The number of morpholine rings is 1. The number of rotatable bonds is 6. The van der Waals surface area contributed by atoms with Crippen LogP contribution in [0.2, 0.25) is 10.0 Å². The molecule has 0 bridgehead atoms. The zero-order valence-corrected chi connectivity index (χ0v) is 23.5. The van der Waals surface area contributed by atoms with Gasteiger partial charge in [-0.15, -0.1) is 0 Å². The number of amides is 1. The smallest absolute Gasteiger partial charge is 0.309 e. The normalized spacial score (nSPS) is 25.1. The number of benzene rings is 3. The first-order valence-corrected chi connectivity index (χ1v) is 14.8. The highest BCUT2D eigenvalue weighted by Gasteiger charge is 2.53. The van der Waals surface area contributed by atoms with Crippen LogP contribution in [-0.2, 0) is 24.3 Å². The Morgan fingerprint density at radius 2 is 1.73 bits per heavy atom. The van der Waals surface area contributed by atoms with Gasteiger partial charge in [0.2, 0.25) is 10.0 Å². The van der Waals surface area contributed by atoms with Crippen LogP contribution in [0.1, 0.15) is 30.2 Å². The number of carbonyl (C=O) groups is 2. The lowest BCUT2D eigenvalue weighted by atomic mass is 9.88. The molecular formula is C28H25Cl2FN2O6S. The van der Waals surface area contributed by atoms with Gasteiger partial charge in [0.25, 0.3) is 5.91 Å². The Morgan fingerprint density at radius 3 is 2.38 bits per heavy atom. The van der Waals surface area contributed by atoms with Crippen molar-refractivity contribution in [1.82, 2.24) is 4.90 Å². The maximum absolute atomic E-state index is 14.7. The minimum atomic E-state index is -4.04. The molecule has 2 aliphatic rings. The Hall–Kier alpha value is -3.18. The lowest BCUT2D eigenvalue weighted by Crippen LogP contribution is -2.58. The van der Waals surface area contributed by atoms with Gasteiger partial charge in [0.1, 0.15) is 18.0 Å². The number of halogens is 3. The predicted molar refractivity (Wildman–Crippen MR) is 148 cm³/mol. The molecule has 2 saturated heterocycles. The molecule has 5 rings (SSSR count). The van der Waals surface area contributed by atoms with Gasteiger partial charge >= 0.3 is 5.97 Å². The lowest BCUT2D eigenvalue weighted by molar-refractivity contribution is -0.189. The quantitative estimate of drug-likeness (QED) is 0.419. The molecule has 0 unspecified atom stereocenters. The van der Waals surface area contributed by atoms with Gasteiger partial charge in [-0.25, -0.2) is 12.8 Å². The monoisotopic (exact) mass is 606 g/mol. The fourth-order valence-electron chi connectivity index (χ4n) is 5.29. The van der Waals surface area contributed by atoms with Crippen LogP contribution in [0.4, 0.5) is 10.1 Å². The number of carboxylic acids is 1. The highest BCUT2D eigenvalue weighted by Crippen LogP contribution is 2.46. The summed E-state index contributed by atoms with van der Waals surface area (Å²) in [5.74, 6) is -4.39. The first kappa shape index (κ1) is 28.4. The first-order valence-electron chi connectivity index (χ1n) is 12.4. The largest absolute Gasteiger partial charge is 0.481 e. The third-order valence-corrected chi connectivity index (χ3v) is 9.55. The standard InChI is InChI=1S/C28H25Cl2FN2O6S/c1-16(28(35)36)25-27(34)33(21-14-32(40(37,38)15-21)23-8-3-2-7-22(23)31)24(17-9-11-19(29)12-10-17)26(39-25)18-5-4-6-20(30)13-18/h2-13,16,21,24-26H,14-15H2,1H3,(H,35,36)/t16-,21+,24+,25-,26+/m0/s1. The molecule has 8 nitrogen and oxygen atoms in total. The Balaban J connectivity index is 1.66. The van der Waals surface area contributed by atoms with Crippen molar-refractivity contribution in [3.8, 4) is 0 Å². The highest BCUT2D eigenvalue weighted by molar-refractivity contribution is 7.93. The molecule has 1 amide bonds. The second-order valence-corrected chi connectivity index (χ2v) is 12.6. The molecule has 0 aromatic heterocycles. The van der Waals surface area contributed by atoms with E-state index in [2.05, 4.69) is 0 Å². The van der Waals surface area contributed by atoms with Crippen LogP contribution >= 0.6 is 23.2 Å². The molecule has 2 fully saturated rings. The molecule has 0 saturated carbocycles. The number of para-hydroxylation sites is 1. The molecule has 2 aliphatic heterocycles. The summed E-state index contributed by atoms with van der Waals surface area (Å²) in [6, 6.07) is 17.1. The van der Waals surface area contributed by atoms with Gasteiger partial charge in [-0.05, 0) is 54.4 Å². The molecule has 12 heteroatoms. The number of hydrogen-bond donors (Lipinski definition) is 1. The molecule has 1 N–H and O–H groups in total. The maximum atomic E-state index is 14.7. The number of carboxylic acid groups (broad SMARTS) is 1. The molecule has 5 atom stereocenters. The number of nitrogens with zero attached hydrogens (tertiary/aromatic N) is 2. The average Bonchev–Trinajstić information content (AvgIpc) is 3.23. The number of ether oxygens (including phenoxy) is 1. The lowest BCUT2D eigenvalue weighted by Gasteiger charge is -2.47. The van der Waals surface area contributed by atoms with E-state index in [1.54, 1.807) is 48.5 Å². The number of carbonyl (C=O) groups excluding carboxylic acids is 1. The van der Waals surface area contributed by atoms with Crippen LogP contribution in [0.3, 0.4) is 0 Å². The van der Waals surface area contributed by atoms with E-state index in [0.717, 1.165) is 10.4 Å². The second kappa shape index (κ2) is 11.0. The van der Waals surface area contributed by atoms with Gasteiger partial charge in [0.05, 0.1) is 36.0 Å². The van der Waals surface area contributed by atoms with E-state index in [-0.39, 0.29) is 12.2 Å². The van der Waals surface area contributed by atoms with E-state index >= 15 is 0 Å². The van der Waals surface area contributed by atoms with Crippen molar-refractivity contribution in [3.63, 3.8) is 0 Å². The number of anilines is 1. The molecular weight excluding hydrogens is 582 g/mol. The summed E-state index contributed by atoms with van der Waals surface area (Å²) < 4.78 is 48.6. The molecule has 2 heterocycles. The zero-order valence-electron chi connectivity index (χ0n) is 21.2. The summed E-state index contributed by atoms with van der Waals surface area (Å²) in [4.78, 5) is 27.5. The van der Waals surface area contributed by atoms with E-state index in [4.69, 9.17) is 27.9 Å². The van der Waals surface area contributed by atoms with Gasteiger partial charge in [-0.2, -0.15) is 0 Å². The van der Waals surface area contributed by atoms with Crippen LogP contribution in [0.5, 0.6) is 0 Å². The number of hydrogen-bond acceptors (Lipinski definition) is 5. The third-order valence-electron chi connectivity index (χ3n) is 7.24. The van der Waals surface area contributed by atoms with E-state index in [9.17, 15) is 27.5 Å². The molecule has 0 aliphatic carbocycles. The van der Waals surface area contributed by atoms with Crippen LogP contribution in [0.25, 0.3) is 0 Å². The topological polar surface area (TPSA) is 104 Å². The molecule has 40 heavy (non-hydrogen) atoms. The van der Waals surface area contributed by atoms with Gasteiger partial charge < -0.3 is 14.7 Å². The van der Waals surface area contributed by atoms with Gasteiger partial charge in [-0.1, -0.05) is 59.6 Å². The summed E-state index contributed by atoms with van der Waals surface area (Å²) in [7, 11) is -4.04. The van der Waals surface area contributed by atoms with Crippen LogP contribution < -0.4 is 4.31 Å². The van der Waals surface area contributed by atoms with Crippen molar-refractivity contribution in [2.75, 3.05) is 16.6 Å². The predicted octanol–water partition coefficient (Wildman–Crippen LogP) is 5.08. The third kappa shape index (κ3) is 5.28. The van der Waals surface area contributed by atoms with Gasteiger partial charge in [-0.3, -0.25) is 13.9 Å². The summed E-state index contributed by atoms with van der Waals surface area (Å²) >= 11 is 12.4. The average molecular weight is 607 g/mol.